The van der Waals surface area contributed by atoms with E-state index < -0.39 is 5.82 Å². The predicted octanol–water partition coefficient (Wildman–Crippen LogP) is 4.85. The van der Waals surface area contributed by atoms with Crippen LogP contribution in [0.4, 0.5) is 10.2 Å². The number of carbonyl (C=O) groups is 1. The van der Waals surface area contributed by atoms with E-state index >= 15 is 0 Å². The molecule has 0 atom stereocenters. The van der Waals surface area contributed by atoms with E-state index in [4.69, 9.17) is 0 Å². The van der Waals surface area contributed by atoms with Crippen LogP contribution in [-0.2, 0) is 4.79 Å². The summed E-state index contributed by atoms with van der Waals surface area (Å²) in [4.78, 5) is 19.2. The number of anilines is 1. The predicted molar refractivity (Wildman–Crippen MR) is 119 cm³/mol. The molecule has 6 nitrogen and oxygen atoms in total. The lowest BCUT2D eigenvalue weighted by molar-refractivity contribution is -0.118. The molecule has 30 heavy (non-hydrogen) atoms. The second kappa shape index (κ2) is 9.34. The second-order valence-electron chi connectivity index (χ2n) is 8.43. The van der Waals surface area contributed by atoms with E-state index in [1.165, 1.54) is 0 Å². The Morgan fingerprint density at radius 2 is 2.07 bits per heavy atom. The number of hydrogen-bond donors (Lipinski definition) is 2. The number of rotatable bonds is 9. The number of benzene rings is 1. The number of halogens is 1. The second-order valence-corrected chi connectivity index (χ2v) is 8.43. The van der Waals surface area contributed by atoms with E-state index in [0.717, 1.165) is 37.0 Å². The van der Waals surface area contributed by atoms with Crippen LogP contribution in [-0.4, -0.2) is 45.6 Å². The number of nitrogens with one attached hydrogen (secondary N) is 2. The van der Waals surface area contributed by atoms with Crippen molar-refractivity contribution in [2.75, 3.05) is 25.0 Å². The Labute approximate surface area is 176 Å². The molecule has 0 saturated heterocycles. The van der Waals surface area contributed by atoms with Crippen LogP contribution in [0.5, 0.6) is 0 Å². The van der Waals surface area contributed by atoms with Crippen molar-refractivity contribution in [1.29, 1.82) is 0 Å². The molecule has 1 amide bonds. The third-order valence-electron chi connectivity index (χ3n) is 5.13. The fourth-order valence-electron chi connectivity index (χ4n) is 3.77. The summed E-state index contributed by atoms with van der Waals surface area (Å²) in [6.45, 7) is 11.1. The average molecular weight is 412 g/mol. The van der Waals surface area contributed by atoms with E-state index in [2.05, 4.69) is 53.1 Å². The minimum Gasteiger partial charge on any atom is -0.307 e. The van der Waals surface area contributed by atoms with Gasteiger partial charge in [-0.25, -0.2) is 4.39 Å². The smallest absolute Gasteiger partial charge is 0.226 e. The molecule has 0 bridgehead atoms. The molecule has 2 heterocycles. The van der Waals surface area contributed by atoms with Crippen LogP contribution in [0, 0.1) is 11.2 Å². The van der Waals surface area contributed by atoms with Crippen LogP contribution >= 0.6 is 0 Å². The van der Waals surface area contributed by atoms with Gasteiger partial charge in [-0.2, -0.15) is 5.10 Å². The van der Waals surface area contributed by atoms with Gasteiger partial charge in [-0.15, -0.1) is 0 Å². The number of fused-ring (bicyclic) bond motifs is 1. The van der Waals surface area contributed by atoms with Crippen molar-refractivity contribution in [3.8, 4) is 11.3 Å². The summed E-state index contributed by atoms with van der Waals surface area (Å²) in [7, 11) is 0. The molecule has 160 valence electrons. The SMILES string of the molecule is CCCN(CC)CC(C)(C)CC(=O)Nc1n[nH]c(-c2ccc3ncccc3c2)c1F. The number of H-pyrrole nitrogens is 1. The molecular weight excluding hydrogens is 381 g/mol. The van der Waals surface area contributed by atoms with Gasteiger partial charge in [0.2, 0.25) is 5.91 Å². The first kappa shape index (κ1) is 21.9. The Balaban J connectivity index is 1.70. The molecule has 0 fully saturated rings. The van der Waals surface area contributed by atoms with Crippen molar-refractivity contribution < 1.29 is 9.18 Å². The largest absolute Gasteiger partial charge is 0.307 e. The quantitative estimate of drug-likeness (QED) is 0.528. The molecule has 7 heteroatoms. The van der Waals surface area contributed by atoms with E-state index in [9.17, 15) is 9.18 Å². The summed E-state index contributed by atoms with van der Waals surface area (Å²) in [5, 5.41) is 10.2. The van der Waals surface area contributed by atoms with Gasteiger partial charge in [0.15, 0.2) is 11.6 Å². The highest BCUT2D eigenvalue weighted by Gasteiger charge is 2.26. The van der Waals surface area contributed by atoms with Gasteiger partial charge < -0.3 is 10.2 Å². The number of nitrogens with zero attached hydrogens (tertiary/aromatic N) is 3. The zero-order chi connectivity index (χ0) is 21.7. The van der Waals surface area contributed by atoms with Crippen molar-refractivity contribution in [3.05, 3.63) is 42.3 Å². The Hall–Kier alpha value is -2.80. The molecule has 0 spiro atoms. The first-order valence-electron chi connectivity index (χ1n) is 10.4. The van der Waals surface area contributed by atoms with Crippen molar-refractivity contribution in [2.45, 2.75) is 40.5 Å². The summed E-state index contributed by atoms with van der Waals surface area (Å²) in [6, 6.07) is 9.22. The summed E-state index contributed by atoms with van der Waals surface area (Å²) < 4.78 is 14.9. The normalized spacial score (nSPS) is 11.9. The van der Waals surface area contributed by atoms with Crippen molar-refractivity contribution in [2.24, 2.45) is 5.41 Å². The number of pyridine rings is 1. The van der Waals surface area contributed by atoms with E-state index in [-0.39, 0.29) is 29.3 Å². The number of hydrogen-bond acceptors (Lipinski definition) is 4. The molecule has 3 aromatic rings. The van der Waals surface area contributed by atoms with Gasteiger partial charge in [-0.3, -0.25) is 14.9 Å². The van der Waals surface area contributed by atoms with Crippen molar-refractivity contribution in [1.82, 2.24) is 20.1 Å². The lowest BCUT2D eigenvalue weighted by atomic mass is 9.88. The summed E-state index contributed by atoms with van der Waals surface area (Å²) in [6.07, 6.45) is 3.08. The molecule has 0 radical (unpaired) electrons. The Morgan fingerprint density at radius 1 is 1.27 bits per heavy atom. The summed E-state index contributed by atoms with van der Waals surface area (Å²) in [5.74, 6) is -0.879. The minimum atomic E-state index is -0.564. The number of aromatic nitrogens is 3. The highest BCUT2D eigenvalue weighted by Crippen LogP contribution is 2.28. The number of amides is 1. The van der Waals surface area contributed by atoms with Gasteiger partial charge in [0, 0.05) is 30.1 Å². The Kier molecular flexibility index (Phi) is 6.82. The molecule has 2 N–H and O–H groups in total. The molecule has 0 aliphatic heterocycles. The maximum atomic E-state index is 14.9. The van der Waals surface area contributed by atoms with Gasteiger partial charge in [0.25, 0.3) is 0 Å². The van der Waals surface area contributed by atoms with E-state index in [1.54, 1.807) is 12.3 Å². The molecule has 1 aromatic carbocycles. The third-order valence-corrected chi connectivity index (χ3v) is 5.13. The van der Waals surface area contributed by atoms with Crippen molar-refractivity contribution >= 4 is 22.6 Å². The van der Waals surface area contributed by atoms with Gasteiger partial charge >= 0.3 is 0 Å². The zero-order valence-corrected chi connectivity index (χ0v) is 18.1. The number of aromatic amines is 1. The fraction of sp³-hybridized carbons (Fsp3) is 0.435. The standard InChI is InChI=1S/C23H30FN5O/c1-5-12-29(6-2)15-23(3,4)14-19(30)26-22-20(24)21(27-28-22)17-9-10-18-16(13-17)8-7-11-25-18/h7-11,13H,5-6,12,14-15H2,1-4H3,(H2,26,27,28,30). The van der Waals surface area contributed by atoms with E-state index in [1.807, 2.05) is 24.3 Å². The molecular formula is C23H30FN5O. The molecule has 3 rings (SSSR count). The van der Waals surface area contributed by atoms with E-state index in [0.29, 0.717) is 5.56 Å². The van der Waals surface area contributed by atoms with Gasteiger partial charge in [0.1, 0.15) is 5.69 Å². The lowest BCUT2D eigenvalue weighted by Gasteiger charge is -2.31. The monoisotopic (exact) mass is 411 g/mol. The van der Waals surface area contributed by atoms with Crippen LogP contribution in [0.2, 0.25) is 0 Å². The van der Waals surface area contributed by atoms with Crippen LogP contribution in [0.1, 0.15) is 40.5 Å². The highest BCUT2D eigenvalue weighted by molar-refractivity contribution is 5.91. The topological polar surface area (TPSA) is 73.9 Å². The lowest BCUT2D eigenvalue weighted by Crippen LogP contribution is -2.37. The first-order valence-corrected chi connectivity index (χ1v) is 10.4. The summed E-state index contributed by atoms with van der Waals surface area (Å²) >= 11 is 0. The third kappa shape index (κ3) is 5.21. The Morgan fingerprint density at radius 3 is 2.80 bits per heavy atom. The highest BCUT2D eigenvalue weighted by atomic mass is 19.1. The molecule has 0 aliphatic carbocycles. The first-order chi connectivity index (χ1) is 14.3. The van der Waals surface area contributed by atoms with Crippen LogP contribution in [0.3, 0.4) is 0 Å². The van der Waals surface area contributed by atoms with Gasteiger partial charge in [0.05, 0.1) is 5.52 Å². The fourth-order valence-corrected chi connectivity index (χ4v) is 3.77. The van der Waals surface area contributed by atoms with Gasteiger partial charge in [-0.1, -0.05) is 39.8 Å². The van der Waals surface area contributed by atoms with Crippen LogP contribution < -0.4 is 5.32 Å². The molecule has 0 aliphatic rings. The minimum absolute atomic E-state index is 0.0713. The Bertz CT molecular complexity index is 1010. The van der Waals surface area contributed by atoms with Crippen LogP contribution in [0.25, 0.3) is 22.2 Å². The maximum Gasteiger partial charge on any atom is 0.226 e. The number of carbonyl (C=O) groups excluding carboxylic acids is 1. The van der Waals surface area contributed by atoms with Gasteiger partial charge in [-0.05, 0) is 43.1 Å². The molecule has 2 aromatic heterocycles. The molecule has 0 unspecified atom stereocenters. The maximum absolute atomic E-state index is 14.9. The average Bonchev–Trinajstić information content (AvgIpc) is 3.06. The molecule has 0 saturated carbocycles. The zero-order valence-electron chi connectivity index (χ0n) is 18.1. The summed E-state index contributed by atoms with van der Waals surface area (Å²) in [5.41, 5.74) is 1.51. The van der Waals surface area contributed by atoms with Crippen LogP contribution in [0.15, 0.2) is 36.5 Å². The van der Waals surface area contributed by atoms with Crippen molar-refractivity contribution in [3.63, 3.8) is 0 Å².